The van der Waals surface area contributed by atoms with Crippen LogP contribution in [0.4, 0.5) is 0 Å². The topological polar surface area (TPSA) is 65.5 Å². The number of halogens is 1. The van der Waals surface area contributed by atoms with E-state index in [-0.39, 0.29) is 40.5 Å². The largest absolute Gasteiger partial charge is 0.357 e. The second-order valence-electron chi connectivity index (χ2n) is 5.53. The van der Waals surface area contributed by atoms with Crippen LogP contribution in [0.15, 0.2) is 4.99 Å². The molecule has 0 aliphatic heterocycles. The van der Waals surface area contributed by atoms with Gasteiger partial charge in [-0.1, -0.05) is 13.8 Å². The van der Waals surface area contributed by atoms with Gasteiger partial charge in [-0.15, -0.1) is 24.0 Å². The van der Waals surface area contributed by atoms with Crippen LogP contribution in [0.5, 0.6) is 0 Å². The lowest BCUT2D eigenvalue weighted by atomic mass is 10.2. The van der Waals surface area contributed by atoms with Gasteiger partial charge in [0, 0.05) is 30.3 Å². The van der Waals surface area contributed by atoms with Crippen LogP contribution in [-0.2, 0) is 4.79 Å². The van der Waals surface area contributed by atoms with E-state index in [1.165, 1.54) is 0 Å². The van der Waals surface area contributed by atoms with Crippen molar-refractivity contribution in [2.75, 3.05) is 32.4 Å². The van der Waals surface area contributed by atoms with E-state index >= 15 is 0 Å². The van der Waals surface area contributed by atoms with Crippen LogP contribution < -0.4 is 16.0 Å². The maximum atomic E-state index is 11.4. The van der Waals surface area contributed by atoms with Gasteiger partial charge in [0.2, 0.25) is 5.91 Å². The summed E-state index contributed by atoms with van der Waals surface area (Å²) < 4.78 is 0.133. The maximum absolute atomic E-state index is 11.4. The molecule has 0 aliphatic rings. The summed E-state index contributed by atoms with van der Waals surface area (Å²) in [6.07, 6.45) is 2.09. The summed E-state index contributed by atoms with van der Waals surface area (Å²) in [5.74, 6) is 0.907. The molecule has 0 spiro atoms. The second kappa shape index (κ2) is 12.4. The molecule has 0 unspecified atom stereocenters. The molecule has 0 rings (SSSR count). The van der Waals surface area contributed by atoms with Crippen molar-refractivity contribution in [1.29, 1.82) is 0 Å². The minimum atomic E-state index is 0. The molecule has 126 valence electrons. The van der Waals surface area contributed by atoms with E-state index in [4.69, 9.17) is 0 Å². The fourth-order valence-electron chi connectivity index (χ4n) is 1.25. The molecule has 0 atom stereocenters. The molecule has 0 saturated heterocycles. The fourth-order valence-corrected chi connectivity index (χ4v) is 1.44. The molecule has 0 aliphatic carbocycles. The number of amides is 1. The van der Waals surface area contributed by atoms with Crippen LogP contribution in [0, 0.1) is 5.92 Å². The van der Waals surface area contributed by atoms with Crippen LogP contribution >= 0.6 is 35.7 Å². The standard InChI is InChI=1S/C14H30N4OS.HI/c1-7-15-13(18-10-14(4,5)20-6)17-9-8-16-12(19)11(2)3;/h11H,7-10H2,1-6H3,(H,16,19)(H2,15,17,18);1H. The number of nitrogens with one attached hydrogen (secondary N) is 3. The molecular weight excluding hydrogens is 399 g/mol. The van der Waals surface area contributed by atoms with Gasteiger partial charge in [0.25, 0.3) is 0 Å². The molecule has 0 saturated carbocycles. The summed E-state index contributed by atoms with van der Waals surface area (Å²) in [6, 6.07) is 0. The van der Waals surface area contributed by atoms with E-state index in [0.29, 0.717) is 13.1 Å². The predicted molar refractivity (Wildman–Crippen MR) is 105 cm³/mol. The van der Waals surface area contributed by atoms with Crippen molar-refractivity contribution in [1.82, 2.24) is 16.0 Å². The third kappa shape index (κ3) is 12.1. The van der Waals surface area contributed by atoms with Gasteiger partial charge in [-0.3, -0.25) is 9.79 Å². The summed E-state index contributed by atoms with van der Waals surface area (Å²) in [7, 11) is 0. The molecule has 21 heavy (non-hydrogen) atoms. The van der Waals surface area contributed by atoms with E-state index in [2.05, 4.69) is 41.0 Å². The third-order valence-corrected chi connectivity index (χ3v) is 3.99. The molecule has 0 aromatic rings. The average molecular weight is 430 g/mol. The number of carbonyl (C=O) groups excluding carboxylic acids is 1. The Morgan fingerprint density at radius 3 is 2.24 bits per heavy atom. The van der Waals surface area contributed by atoms with Crippen molar-refractivity contribution < 1.29 is 4.79 Å². The lowest BCUT2D eigenvalue weighted by molar-refractivity contribution is -0.123. The van der Waals surface area contributed by atoms with Crippen molar-refractivity contribution in [3.05, 3.63) is 0 Å². The molecule has 7 heteroatoms. The van der Waals surface area contributed by atoms with Gasteiger partial charge in [0.05, 0.1) is 6.54 Å². The number of nitrogens with zero attached hydrogens (tertiary/aromatic N) is 1. The van der Waals surface area contributed by atoms with Gasteiger partial charge in [0.1, 0.15) is 0 Å². The first-order valence-corrected chi connectivity index (χ1v) is 8.40. The molecule has 0 aromatic heterocycles. The Labute approximate surface area is 150 Å². The van der Waals surface area contributed by atoms with E-state index in [1.54, 1.807) is 11.8 Å². The van der Waals surface area contributed by atoms with Crippen LogP contribution in [0.1, 0.15) is 34.6 Å². The first-order chi connectivity index (χ1) is 9.32. The monoisotopic (exact) mass is 430 g/mol. The Kier molecular flexibility index (Phi) is 13.6. The number of hydrogen-bond acceptors (Lipinski definition) is 3. The maximum Gasteiger partial charge on any atom is 0.222 e. The quantitative estimate of drug-likeness (QED) is 0.239. The minimum absolute atomic E-state index is 0. The molecule has 0 aromatic carbocycles. The van der Waals surface area contributed by atoms with E-state index in [1.807, 2.05) is 20.8 Å². The number of rotatable bonds is 8. The Bertz CT molecular complexity index is 322. The molecule has 0 bridgehead atoms. The lowest BCUT2D eigenvalue weighted by Crippen LogP contribution is -2.42. The summed E-state index contributed by atoms with van der Waals surface area (Å²) in [4.78, 5) is 16.0. The summed E-state index contributed by atoms with van der Waals surface area (Å²) in [6.45, 7) is 13.0. The highest BCUT2D eigenvalue weighted by molar-refractivity contribution is 14.0. The lowest BCUT2D eigenvalue weighted by Gasteiger charge is -2.20. The second-order valence-corrected chi connectivity index (χ2v) is 7.04. The van der Waals surface area contributed by atoms with E-state index in [0.717, 1.165) is 19.0 Å². The Morgan fingerprint density at radius 2 is 1.76 bits per heavy atom. The normalized spacial score (nSPS) is 11.9. The highest BCUT2D eigenvalue weighted by Gasteiger charge is 2.15. The minimum Gasteiger partial charge on any atom is -0.357 e. The smallest absolute Gasteiger partial charge is 0.222 e. The molecular formula is C14H31IN4OS. The molecule has 0 radical (unpaired) electrons. The number of thioether (sulfide) groups is 1. The average Bonchev–Trinajstić information content (AvgIpc) is 2.40. The van der Waals surface area contributed by atoms with Gasteiger partial charge in [-0.05, 0) is 27.0 Å². The van der Waals surface area contributed by atoms with Gasteiger partial charge in [-0.25, -0.2) is 0 Å². The van der Waals surface area contributed by atoms with Crippen molar-refractivity contribution in [2.24, 2.45) is 10.9 Å². The first-order valence-electron chi connectivity index (χ1n) is 7.17. The van der Waals surface area contributed by atoms with Crippen LogP contribution in [-0.4, -0.2) is 49.0 Å². The third-order valence-electron chi connectivity index (χ3n) is 2.76. The Morgan fingerprint density at radius 1 is 1.19 bits per heavy atom. The fraction of sp³-hybridized carbons (Fsp3) is 0.857. The summed E-state index contributed by atoms with van der Waals surface area (Å²) >= 11 is 1.80. The van der Waals surface area contributed by atoms with Gasteiger partial charge >= 0.3 is 0 Å². The van der Waals surface area contributed by atoms with Crippen molar-refractivity contribution in [3.63, 3.8) is 0 Å². The van der Waals surface area contributed by atoms with Gasteiger partial charge < -0.3 is 16.0 Å². The number of hydrogen-bond donors (Lipinski definition) is 3. The first kappa shape index (κ1) is 23.1. The highest BCUT2D eigenvalue weighted by atomic mass is 127. The number of carbonyl (C=O) groups is 1. The molecule has 3 N–H and O–H groups in total. The highest BCUT2D eigenvalue weighted by Crippen LogP contribution is 2.20. The zero-order valence-corrected chi connectivity index (χ0v) is 17.2. The van der Waals surface area contributed by atoms with Crippen LogP contribution in [0.2, 0.25) is 0 Å². The van der Waals surface area contributed by atoms with Crippen molar-refractivity contribution >= 4 is 47.6 Å². The van der Waals surface area contributed by atoms with Crippen molar-refractivity contribution in [2.45, 2.75) is 39.4 Å². The van der Waals surface area contributed by atoms with Gasteiger partial charge in [-0.2, -0.15) is 11.8 Å². The Balaban J connectivity index is 0. The van der Waals surface area contributed by atoms with Crippen LogP contribution in [0.3, 0.4) is 0 Å². The molecule has 1 amide bonds. The van der Waals surface area contributed by atoms with Gasteiger partial charge in [0.15, 0.2) is 5.96 Å². The SMILES string of the molecule is CCNC(=NCC(C)(C)SC)NCCNC(=O)C(C)C.I. The number of guanidine groups is 1. The molecule has 5 nitrogen and oxygen atoms in total. The van der Waals surface area contributed by atoms with Crippen LogP contribution in [0.25, 0.3) is 0 Å². The molecule has 0 fully saturated rings. The zero-order chi connectivity index (χ0) is 15.6. The summed E-state index contributed by atoms with van der Waals surface area (Å²) in [5, 5.41) is 9.31. The predicted octanol–water partition coefficient (Wildman–Crippen LogP) is 2.07. The Hall–Kier alpha value is -0.180. The van der Waals surface area contributed by atoms with Crippen molar-refractivity contribution in [3.8, 4) is 0 Å². The van der Waals surface area contributed by atoms with E-state index in [9.17, 15) is 4.79 Å². The summed E-state index contributed by atoms with van der Waals surface area (Å²) in [5.41, 5.74) is 0. The van der Waals surface area contributed by atoms with E-state index < -0.39 is 0 Å². The number of aliphatic imine (C=N–C) groups is 1. The molecule has 0 heterocycles. The zero-order valence-electron chi connectivity index (χ0n) is 14.1.